The fraction of sp³-hybridized carbons (Fsp3) is 0.273. The van der Waals surface area contributed by atoms with E-state index >= 15 is 0 Å². The number of amides is 1. The molecule has 2 unspecified atom stereocenters. The normalized spacial score (nSPS) is 20.2. The lowest BCUT2D eigenvalue weighted by molar-refractivity contribution is -0.138. The van der Waals surface area contributed by atoms with Crippen molar-refractivity contribution in [2.24, 2.45) is 10.1 Å². The van der Waals surface area contributed by atoms with Crippen LogP contribution >= 0.6 is 23.4 Å². The summed E-state index contributed by atoms with van der Waals surface area (Å²) in [7, 11) is 3.13. The zero-order valence-electron chi connectivity index (χ0n) is 17.3. The summed E-state index contributed by atoms with van der Waals surface area (Å²) in [5, 5.41) is 15.7. The van der Waals surface area contributed by atoms with Crippen molar-refractivity contribution in [3.8, 4) is 11.5 Å². The van der Waals surface area contributed by atoms with Crippen molar-refractivity contribution in [2.75, 3.05) is 14.2 Å². The quantitative estimate of drug-likeness (QED) is 0.677. The number of aliphatic carboxylic acids is 1. The van der Waals surface area contributed by atoms with Gasteiger partial charge in [0.15, 0.2) is 16.7 Å². The fourth-order valence-electron chi connectivity index (χ4n) is 3.63. The van der Waals surface area contributed by atoms with Gasteiger partial charge in [-0.1, -0.05) is 47.6 Å². The van der Waals surface area contributed by atoms with Crippen molar-refractivity contribution in [1.82, 2.24) is 5.01 Å². The molecule has 166 valence electrons. The van der Waals surface area contributed by atoms with Crippen LogP contribution in [-0.4, -0.2) is 52.3 Å². The van der Waals surface area contributed by atoms with Gasteiger partial charge in [0.1, 0.15) is 5.25 Å². The molecule has 2 aromatic carbocycles. The van der Waals surface area contributed by atoms with Crippen LogP contribution in [0.4, 0.5) is 0 Å². The number of methoxy groups -OCH3 is 2. The Kier molecular flexibility index (Phi) is 6.38. The number of hydrazone groups is 1. The molecule has 1 amide bonds. The molecule has 32 heavy (non-hydrogen) atoms. The summed E-state index contributed by atoms with van der Waals surface area (Å²) < 4.78 is 10.8. The molecule has 0 saturated carbocycles. The van der Waals surface area contributed by atoms with E-state index in [1.165, 1.54) is 0 Å². The molecular weight excluding hydrogens is 454 g/mol. The van der Waals surface area contributed by atoms with E-state index in [0.717, 1.165) is 28.6 Å². The first kappa shape index (κ1) is 22.2. The largest absolute Gasteiger partial charge is 0.493 e. The van der Waals surface area contributed by atoms with E-state index in [9.17, 15) is 9.59 Å². The minimum absolute atomic E-state index is 0.288. The van der Waals surface area contributed by atoms with Crippen molar-refractivity contribution in [2.45, 2.75) is 24.1 Å². The van der Waals surface area contributed by atoms with Gasteiger partial charge < -0.3 is 14.6 Å². The highest BCUT2D eigenvalue weighted by Gasteiger charge is 2.39. The minimum atomic E-state index is -1.05. The van der Waals surface area contributed by atoms with Gasteiger partial charge in [0.05, 0.1) is 32.4 Å². The van der Waals surface area contributed by atoms with E-state index in [-0.39, 0.29) is 12.5 Å². The number of benzene rings is 2. The number of halogens is 1. The van der Waals surface area contributed by atoms with Crippen LogP contribution in [0.3, 0.4) is 0 Å². The van der Waals surface area contributed by atoms with Crippen molar-refractivity contribution >= 4 is 46.1 Å². The molecular formula is C22H20ClN3O5S. The Balaban J connectivity index is 1.72. The van der Waals surface area contributed by atoms with Gasteiger partial charge in [-0.05, 0) is 23.8 Å². The van der Waals surface area contributed by atoms with Gasteiger partial charge in [0, 0.05) is 17.0 Å². The average molecular weight is 474 g/mol. The van der Waals surface area contributed by atoms with Gasteiger partial charge in [-0.3, -0.25) is 9.59 Å². The van der Waals surface area contributed by atoms with E-state index in [4.69, 9.17) is 31.3 Å². The van der Waals surface area contributed by atoms with E-state index in [0.29, 0.717) is 28.1 Å². The summed E-state index contributed by atoms with van der Waals surface area (Å²) in [6.45, 7) is 0. The second-order valence-corrected chi connectivity index (χ2v) is 8.72. The zero-order chi connectivity index (χ0) is 22.8. The van der Waals surface area contributed by atoms with Crippen LogP contribution in [0.1, 0.15) is 30.0 Å². The van der Waals surface area contributed by atoms with Gasteiger partial charge in [0.25, 0.3) is 5.91 Å². The first-order valence-electron chi connectivity index (χ1n) is 9.75. The van der Waals surface area contributed by atoms with Gasteiger partial charge in [-0.2, -0.15) is 10.1 Å². The van der Waals surface area contributed by atoms with Gasteiger partial charge in [-0.25, -0.2) is 5.01 Å². The summed E-state index contributed by atoms with van der Waals surface area (Å²) in [5.41, 5.74) is 2.41. The maximum Gasteiger partial charge on any atom is 0.305 e. The second kappa shape index (κ2) is 9.22. The van der Waals surface area contributed by atoms with Gasteiger partial charge in [-0.15, -0.1) is 0 Å². The zero-order valence-corrected chi connectivity index (χ0v) is 18.9. The second-order valence-electron chi connectivity index (χ2n) is 7.14. The van der Waals surface area contributed by atoms with Crippen LogP contribution in [0.15, 0.2) is 52.6 Å². The number of thioether (sulfide) groups is 1. The summed E-state index contributed by atoms with van der Waals surface area (Å²) in [5.74, 6) is -0.361. The maximum absolute atomic E-state index is 12.3. The number of carboxylic acid groups (broad SMARTS) is 1. The topological polar surface area (TPSA) is 101 Å². The summed E-state index contributed by atoms with van der Waals surface area (Å²) in [6.07, 6.45) is 0.211. The predicted molar refractivity (Wildman–Crippen MR) is 123 cm³/mol. The molecule has 2 aromatic rings. The molecule has 2 heterocycles. The van der Waals surface area contributed by atoms with Crippen molar-refractivity contribution in [1.29, 1.82) is 0 Å². The third-order valence-electron chi connectivity index (χ3n) is 5.17. The van der Waals surface area contributed by atoms with Crippen molar-refractivity contribution in [3.05, 3.63) is 58.6 Å². The number of hydrogen-bond donors (Lipinski definition) is 1. The molecule has 0 bridgehead atoms. The molecule has 0 fully saturated rings. The molecule has 8 nitrogen and oxygen atoms in total. The molecule has 1 N–H and O–H groups in total. The Morgan fingerprint density at radius 1 is 1.22 bits per heavy atom. The average Bonchev–Trinajstić information content (AvgIpc) is 3.37. The van der Waals surface area contributed by atoms with E-state index < -0.39 is 17.1 Å². The Morgan fingerprint density at radius 2 is 1.97 bits per heavy atom. The number of carbonyl (C=O) groups is 2. The highest BCUT2D eigenvalue weighted by molar-refractivity contribution is 8.15. The van der Waals surface area contributed by atoms with Crippen LogP contribution < -0.4 is 9.47 Å². The molecule has 0 aromatic heterocycles. The number of carboxylic acids is 1. The highest BCUT2D eigenvalue weighted by Crippen LogP contribution is 2.41. The smallest absolute Gasteiger partial charge is 0.305 e. The molecule has 2 aliphatic heterocycles. The molecule has 0 saturated heterocycles. The summed E-state index contributed by atoms with van der Waals surface area (Å²) in [4.78, 5) is 27.5. The number of nitrogens with zero attached hydrogens (tertiary/aromatic N) is 3. The van der Waals surface area contributed by atoms with E-state index in [1.807, 2.05) is 36.4 Å². The number of ether oxygens (including phenoxy) is 2. The first-order valence-corrected chi connectivity index (χ1v) is 11.0. The SMILES string of the molecule is COc1ccc(C2CC(c3ccccc3Cl)=NN2C2=NC(=O)C(CC(=O)O)S2)cc1OC. The Bertz CT molecular complexity index is 1140. The van der Waals surface area contributed by atoms with Gasteiger partial charge >= 0.3 is 5.97 Å². The van der Waals surface area contributed by atoms with Crippen LogP contribution in [0.5, 0.6) is 11.5 Å². The first-order chi connectivity index (χ1) is 15.4. The minimum Gasteiger partial charge on any atom is -0.493 e. The molecule has 0 aliphatic carbocycles. The summed E-state index contributed by atoms with van der Waals surface area (Å²) in [6, 6.07) is 12.7. The number of rotatable bonds is 6. The van der Waals surface area contributed by atoms with Crippen molar-refractivity contribution in [3.63, 3.8) is 0 Å². The fourth-order valence-corrected chi connectivity index (χ4v) is 4.92. The van der Waals surface area contributed by atoms with Crippen molar-refractivity contribution < 1.29 is 24.2 Å². The van der Waals surface area contributed by atoms with Gasteiger partial charge in [0.2, 0.25) is 0 Å². The monoisotopic (exact) mass is 473 g/mol. The molecule has 2 atom stereocenters. The summed E-state index contributed by atoms with van der Waals surface area (Å²) >= 11 is 7.52. The van der Waals surface area contributed by atoms with Crippen LogP contribution in [0.25, 0.3) is 0 Å². The van der Waals surface area contributed by atoms with E-state index in [1.54, 1.807) is 25.3 Å². The maximum atomic E-state index is 12.3. The number of hydrogen-bond acceptors (Lipinski definition) is 7. The predicted octanol–water partition coefficient (Wildman–Crippen LogP) is 3.98. The van der Waals surface area contributed by atoms with Crippen LogP contribution in [0.2, 0.25) is 5.02 Å². The number of amidine groups is 1. The number of carbonyl (C=O) groups excluding carboxylic acids is 1. The molecule has 4 rings (SSSR count). The van der Waals surface area contributed by atoms with Crippen LogP contribution in [0, 0.1) is 0 Å². The standard InChI is InChI=1S/C22H20ClN3O5S/c1-30-17-8-7-12(9-18(17)31-2)16-10-15(13-5-3-4-6-14(13)23)25-26(16)22-24-21(29)19(32-22)11-20(27)28/h3-9,16,19H,10-11H2,1-2H3,(H,27,28). The van der Waals surface area contributed by atoms with Crippen LogP contribution in [-0.2, 0) is 9.59 Å². The molecule has 0 radical (unpaired) electrons. The third-order valence-corrected chi connectivity index (χ3v) is 6.64. The lowest BCUT2D eigenvalue weighted by Crippen LogP contribution is -2.24. The Hall–Kier alpha value is -3.04. The lowest BCUT2D eigenvalue weighted by atomic mass is 9.98. The third kappa shape index (κ3) is 4.31. The van der Waals surface area contributed by atoms with E-state index in [2.05, 4.69) is 4.99 Å². The Labute approximate surface area is 193 Å². The molecule has 2 aliphatic rings. The molecule has 10 heteroatoms. The Morgan fingerprint density at radius 3 is 2.66 bits per heavy atom. The molecule has 0 spiro atoms. The highest BCUT2D eigenvalue weighted by atomic mass is 35.5. The lowest BCUT2D eigenvalue weighted by Gasteiger charge is -2.23. The number of aliphatic imine (C=N–C) groups is 1.